The lowest BCUT2D eigenvalue weighted by Gasteiger charge is -2.18. The number of aromatic nitrogens is 4. The first-order valence-electron chi connectivity index (χ1n) is 15.2. The third-order valence-corrected chi connectivity index (χ3v) is 8.01. The summed E-state index contributed by atoms with van der Waals surface area (Å²) in [6.07, 6.45) is 1.60. The molecule has 3 aromatic heterocycles. The molecule has 5 heterocycles. The Morgan fingerprint density at radius 1 is 0.854 bits per heavy atom. The molecular formula is C32H28F4N8O4. The van der Waals surface area contributed by atoms with Crippen LogP contribution in [-0.4, -0.2) is 69.2 Å². The van der Waals surface area contributed by atoms with E-state index in [0.717, 1.165) is 31.6 Å². The number of hydrogen-bond acceptors (Lipinski definition) is 11. The first-order valence-corrected chi connectivity index (χ1v) is 15.2. The molecule has 2 saturated heterocycles. The lowest BCUT2D eigenvalue weighted by atomic mass is 10.1. The molecule has 0 bridgehead atoms. The summed E-state index contributed by atoms with van der Waals surface area (Å²) < 4.78 is 69.3. The number of halogens is 4. The van der Waals surface area contributed by atoms with Crippen molar-refractivity contribution in [2.45, 2.75) is 31.8 Å². The number of oxazole rings is 2. The minimum absolute atomic E-state index is 0.0838. The van der Waals surface area contributed by atoms with Gasteiger partial charge in [-0.15, -0.1) is 0 Å². The van der Waals surface area contributed by atoms with Gasteiger partial charge in [-0.3, -0.25) is 4.79 Å². The highest BCUT2D eigenvalue weighted by Crippen LogP contribution is 2.28. The van der Waals surface area contributed by atoms with Crippen molar-refractivity contribution in [1.82, 2.24) is 30.3 Å². The highest BCUT2D eigenvalue weighted by Gasteiger charge is 2.30. The third-order valence-electron chi connectivity index (χ3n) is 8.01. The van der Waals surface area contributed by atoms with Crippen molar-refractivity contribution >= 4 is 40.1 Å². The number of anilines is 2. The van der Waals surface area contributed by atoms with Gasteiger partial charge in [0, 0.05) is 31.7 Å². The molecule has 6 aromatic rings. The predicted molar refractivity (Wildman–Crippen MR) is 165 cm³/mol. The third kappa shape index (κ3) is 6.25. The van der Waals surface area contributed by atoms with E-state index < -0.39 is 23.3 Å². The van der Waals surface area contributed by atoms with Crippen LogP contribution < -0.4 is 16.0 Å². The molecule has 2 atom stereocenters. The summed E-state index contributed by atoms with van der Waals surface area (Å²) in [5.41, 5.74) is 1.19. The van der Waals surface area contributed by atoms with Crippen LogP contribution in [0.2, 0.25) is 0 Å². The van der Waals surface area contributed by atoms with Crippen molar-refractivity contribution in [2.24, 2.45) is 0 Å². The Labute approximate surface area is 269 Å². The minimum Gasteiger partial charge on any atom is -0.420 e. The quantitative estimate of drug-likeness (QED) is 0.189. The molecule has 48 heavy (non-hydrogen) atoms. The molecule has 0 unspecified atom stereocenters. The Morgan fingerprint density at radius 2 is 1.50 bits per heavy atom. The molecule has 0 spiro atoms. The second-order valence-corrected chi connectivity index (χ2v) is 11.4. The summed E-state index contributed by atoms with van der Waals surface area (Å²) in [4.78, 5) is 27.3. The highest BCUT2D eigenvalue weighted by molar-refractivity contribution is 6.00. The molecule has 3 N–H and O–H groups in total. The smallest absolute Gasteiger partial charge is 0.296 e. The van der Waals surface area contributed by atoms with Crippen molar-refractivity contribution in [1.29, 1.82) is 0 Å². The van der Waals surface area contributed by atoms with Crippen LogP contribution in [-0.2, 0) is 0 Å². The Balaban J connectivity index is 0.000000180. The van der Waals surface area contributed by atoms with E-state index in [4.69, 9.17) is 13.4 Å². The fourth-order valence-electron chi connectivity index (χ4n) is 5.62. The van der Waals surface area contributed by atoms with E-state index in [1.807, 2.05) is 0 Å². The number of nitrogens with zero attached hydrogens (tertiary/aromatic N) is 5. The van der Waals surface area contributed by atoms with Crippen molar-refractivity contribution in [3.05, 3.63) is 83.2 Å². The number of nitrogens with one attached hydrogen (secondary N) is 3. The van der Waals surface area contributed by atoms with Crippen LogP contribution in [0.3, 0.4) is 0 Å². The van der Waals surface area contributed by atoms with E-state index >= 15 is 0 Å². The van der Waals surface area contributed by atoms with E-state index in [9.17, 15) is 22.4 Å². The zero-order valence-corrected chi connectivity index (χ0v) is 25.4. The maximum Gasteiger partial charge on any atom is 0.296 e. The van der Waals surface area contributed by atoms with Gasteiger partial charge in [0.1, 0.15) is 11.0 Å². The van der Waals surface area contributed by atoms with Crippen LogP contribution in [0.25, 0.3) is 33.7 Å². The van der Waals surface area contributed by atoms with Gasteiger partial charge >= 0.3 is 0 Å². The molecule has 8 rings (SSSR count). The van der Waals surface area contributed by atoms with Crippen LogP contribution >= 0.6 is 0 Å². The molecule has 248 valence electrons. The zero-order valence-electron chi connectivity index (χ0n) is 25.4. The van der Waals surface area contributed by atoms with Gasteiger partial charge in [-0.1, -0.05) is 17.3 Å². The van der Waals surface area contributed by atoms with Crippen LogP contribution in [0.1, 0.15) is 29.0 Å². The van der Waals surface area contributed by atoms with Gasteiger partial charge in [-0.05, 0) is 62.7 Å². The van der Waals surface area contributed by atoms with Gasteiger partial charge in [0.05, 0.1) is 11.1 Å². The van der Waals surface area contributed by atoms with Crippen LogP contribution in [0.4, 0.5) is 29.6 Å². The first kappa shape index (κ1) is 31.1. The Morgan fingerprint density at radius 3 is 2.10 bits per heavy atom. The summed E-state index contributed by atoms with van der Waals surface area (Å²) in [7, 11) is 0. The Hall–Kier alpha value is -5.51. The lowest BCUT2D eigenvalue weighted by Crippen LogP contribution is -2.32. The standard InChI is InChI=1S/C21H17F2N5O3.C11H11F2N3O/c1-11-24-19(31-27-11)13-4-2-3-5-14(13)20(29)28-9-8-12(10-28)25-21-26-16-7-6-15(22)17(23)18(16)30-21;12-7-1-2-8-10(9(7)13)17-11(16-8)15-6-3-4-14-5-6/h2-7,12H,8-10H2,1H3,(H,25,26);1-2,6,14H,3-5H2,(H,15,16)/t12-;6-/m11/s1. The number of amides is 1. The second kappa shape index (κ2) is 12.9. The topological polar surface area (TPSA) is 147 Å². The number of rotatable bonds is 6. The fraction of sp³-hybridized carbons (Fsp3) is 0.281. The average Bonchev–Trinajstić information content (AvgIpc) is 3.93. The number of aryl methyl sites for hydroxylation is 1. The predicted octanol–water partition coefficient (Wildman–Crippen LogP) is 5.67. The number of carbonyl (C=O) groups is 1. The molecule has 2 aliphatic heterocycles. The largest absolute Gasteiger partial charge is 0.420 e. The van der Waals surface area contributed by atoms with E-state index in [1.165, 1.54) is 12.1 Å². The Kier molecular flexibility index (Phi) is 8.39. The summed E-state index contributed by atoms with van der Waals surface area (Å²) in [5.74, 6) is -3.39. The van der Waals surface area contributed by atoms with E-state index in [-0.39, 0.29) is 52.6 Å². The molecule has 2 aliphatic rings. The summed E-state index contributed by atoms with van der Waals surface area (Å²) >= 11 is 0. The Bertz CT molecular complexity index is 2110. The number of fused-ring (bicyclic) bond motifs is 2. The highest BCUT2D eigenvalue weighted by atomic mass is 19.2. The molecule has 0 radical (unpaired) electrons. The fourth-order valence-corrected chi connectivity index (χ4v) is 5.62. The molecule has 0 saturated carbocycles. The van der Waals surface area contributed by atoms with Gasteiger partial charge in [0.2, 0.25) is 11.6 Å². The van der Waals surface area contributed by atoms with Crippen molar-refractivity contribution < 1.29 is 35.7 Å². The number of hydrogen-bond donors (Lipinski definition) is 3. The number of likely N-dealkylation sites (tertiary alicyclic amines) is 1. The van der Waals surface area contributed by atoms with Gasteiger partial charge in [0.25, 0.3) is 23.8 Å². The minimum atomic E-state index is -1.07. The molecular weight excluding hydrogens is 636 g/mol. The summed E-state index contributed by atoms with van der Waals surface area (Å²) in [6.45, 7) is 4.36. The monoisotopic (exact) mass is 664 g/mol. The van der Waals surface area contributed by atoms with E-state index in [0.29, 0.717) is 42.0 Å². The van der Waals surface area contributed by atoms with Crippen LogP contribution in [0.5, 0.6) is 0 Å². The molecule has 16 heteroatoms. The summed E-state index contributed by atoms with van der Waals surface area (Å²) in [6, 6.07) is 12.2. The maximum absolute atomic E-state index is 13.9. The lowest BCUT2D eigenvalue weighted by molar-refractivity contribution is 0.0792. The average molecular weight is 665 g/mol. The van der Waals surface area contributed by atoms with Crippen molar-refractivity contribution in [3.8, 4) is 11.5 Å². The van der Waals surface area contributed by atoms with Gasteiger partial charge in [-0.25, -0.2) is 8.78 Å². The van der Waals surface area contributed by atoms with E-state index in [1.54, 1.807) is 36.1 Å². The SMILES string of the molecule is Cc1noc(-c2ccccc2C(=O)N2CC[C@@H](Nc3nc4ccc(F)c(F)c4o3)C2)n1.Fc1ccc2nc(N[C@@H]3CCNC3)oc2c1F. The molecule has 1 amide bonds. The number of carbonyl (C=O) groups excluding carboxylic acids is 1. The molecule has 2 fully saturated rings. The summed E-state index contributed by atoms with van der Waals surface area (Å²) in [5, 5.41) is 13.1. The van der Waals surface area contributed by atoms with Crippen molar-refractivity contribution in [2.75, 3.05) is 36.8 Å². The van der Waals surface area contributed by atoms with Crippen molar-refractivity contribution in [3.63, 3.8) is 0 Å². The number of benzene rings is 3. The molecule has 12 nitrogen and oxygen atoms in total. The van der Waals surface area contributed by atoms with Gasteiger partial charge in [-0.2, -0.15) is 23.7 Å². The van der Waals surface area contributed by atoms with Gasteiger partial charge in [0.15, 0.2) is 28.6 Å². The first-order chi connectivity index (χ1) is 23.2. The van der Waals surface area contributed by atoms with E-state index in [2.05, 4.69) is 36.1 Å². The molecule has 0 aliphatic carbocycles. The van der Waals surface area contributed by atoms with Gasteiger partial charge < -0.3 is 34.2 Å². The van der Waals surface area contributed by atoms with Crippen LogP contribution in [0, 0.1) is 30.2 Å². The zero-order chi connectivity index (χ0) is 33.4. The maximum atomic E-state index is 13.9. The second-order valence-electron chi connectivity index (χ2n) is 11.4. The van der Waals surface area contributed by atoms with Crippen LogP contribution in [0.15, 0.2) is 61.9 Å². The molecule has 3 aromatic carbocycles. The normalized spacial score (nSPS) is 17.6.